The molecule has 3 rings (SSSR count). The van der Waals surface area contributed by atoms with Crippen molar-refractivity contribution in [3.63, 3.8) is 0 Å². The molecule has 3 aromatic rings. The Morgan fingerprint density at radius 3 is 2.50 bits per heavy atom. The molecule has 0 atom stereocenters. The lowest BCUT2D eigenvalue weighted by Gasteiger charge is -2.12. The number of aromatic nitrogens is 2. The zero-order chi connectivity index (χ0) is 17.8. The van der Waals surface area contributed by atoms with E-state index in [1.807, 2.05) is 18.4 Å². The largest absolute Gasteiger partial charge is 0.417 e. The van der Waals surface area contributed by atoms with Crippen LogP contribution >= 0.6 is 0 Å². The van der Waals surface area contributed by atoms with Crippen LogP contribution < -0.4 is 5.56 Å². The molecule has 24 heavy (non-hydrogen) atoms. The summed E-state index contributed by atoms with van der Waals surface area (Å²) in [5, 5.41) is 0.565. The van der Waals surface area contributed by atoms with Gasteiger partial charge in [-0.05, 0) is 38.5 Å². The fourth-order valence-electron chi connectivity index (χ4n) is 3.21. The molecule has 0 aliphatic rings. The van der Waals surface area contributed by atoms with Crippen LogP contribution in [0.3, 0.4) is 0 Å². The summed E-state index contributed by atoms with van der Waals surface area (Å²) in [7, 11) is 0. The van der Waals surface area contributed by atoms with Gasteiger partial charge in [0.15, 0.2) is 0 Å². The van der Waals surface area contributed by atoms with Gasteiger partial charge in [-0.2, -0.15) is 13.2 Å². The summed E-state index contributed by atoms with van der Waals surface area (Å²) >= 11 is 0. The number of H-pyrrole nitrogens is 1. The lowest BCUT2D eigenvalue weighted by Crippen LogP contribution is -2.14. The van der Waals surface area contributed by atoms with E-state index >= 15 is 0 Å². The second kappa shape index (κ2) is 5.26. The lowest BCUT2D eigenvalue weighted by molar-refractivity contribution is -0.136. The molecule has 6 heteroatoms. The number of allylic oxidation sites excluding steroid dienone is 1. The van der Waals surface area contributed by atoms with Crippen LogP contribution in [-0.4, -0.2) is 9.55 Å². The Bertz CT molecular complexity index is 1040. The van der Waals surface area contributed by atoms with Gasteiger partial charge in [0.1, 0.15) is 0 Å². The predicted molar refractivity (Wildman–Crippen MR) is 89.4 cm³/mol. The van der Waals surface area contributed by atoms with Gasteiger partial charge in [-0.15, -0.1) is 0 Å². The minimum absolute atomic E-state index is 0.0423. The van der Waals surface area contributed by atoms with E-state index in [0.717, 1.165) is 16.8 Å². The van der Waals surface area contributed by atoms with Crippen molar-refractivity contribution >= 4 is 21.8 Å². The average Bonchev–Trinajstić information content (AvgIpc) is 2.70. The number of rotatable bonds is 2. The number of aryl methyl sites for hydroxylation is 1. The maximum Gasteiger partial charge on any atom is 0.417 e. The SMILES string of the molecule is C=C(C)Cn1c(C)c(C)c2c3c(C(F)(F)F)cc(=O)[nH]c3ccc21. The summed E-state index contributed by atoms with van der Waals surface area (Å²) in [5.41, 5.74) is 1.81. The Morgan fingerprint density at radius 1 is 1.25 bits per heavy atom. The topological polar surface area (TPSA) is 37.8 Å². The lowest BCUT2D eigenvalue weighted by atomic mass is 10.0. The van der Waals surface area contributed by atoms with Crippen molar-refractivity contribution in [3.8, 4) is 0 Å². The van der Waals surface area contributed by atoms with Crippen molar-refractivity contribution in [3.05, 3.63) is 57.5 Å². The molecule has 0 aliphatic carbocycles. The third-order valence-corrected chi connectivity index (χ3v) is 4.33. The van der Waals surface area contributed by atoms with E-state index in [1.165, 1.54) is 6.07 Å². The van der Waals surface area contributed by atoms with Crippen LogP contribution in [0.1, 0.15) is 23.7 Å². The highest BCUT2D eigenvalue weighted by Gasteiger charge is 2.34. The normalized spacial score (nSPS) is 12.2. The molecular weight excluding hydrogens is 317 g/mol. The van der Waals surface area contributed by atoms with Gasteiger partial charge in [-0.1, -0.05) is 12.2 Å². The monoisotopic (exact) mass is 334 g/mol. The number of nitrogens with one attached hydrogen (secondary N) is 1. The van der Waals surface area contributed by atoms with Gasteiger partial charge < -0.3 is 9.55 Å². The summed E-state index contributed by atoms with van der Waals surface area (Å²) in [6, 6.07) is 3.91. The minimum Gasteiger partial charge on any atom is -0.341 e. The van der Waals surface area contributed by atoms with Gasteiger partial charge in [0, 0.05) is 40.1 Å². The van der Waals surface area contributed by atoms with Crippen LogP contribution in [0.25, 0.3) is 21.8 Å². The van der Waals surface area contributed by atoms with Gasteiger partial charge in [0.25, 0.3) is 0 Å². The Kier molecular flexibility index (Phi) is 3.59. The van der Waals surface area contributed by atoms with E-state index in [0.29, 0.717) is 23.5 Å². The van der Waals surface area contributed by atoms with Crippen LogP contribution in [-0.2, 0) is 12.7 Å². The minimum atomic E-state index is -4.60. The molecule has 0 bridgehead atoms. The molecule has 0 radical (unpaired) electrons. The fourth-order valence-corrected chi connectivity index (χ4v) is 3.21. The van der Waals surface area contributed by atoms with Gasteiger partial charge in [0.05, 0.1) is 5.56 Å². The number of alkyl halides is 3. The van der Waals surface area contributed by atoms with Crippen LogP contribution in [0, 0.1) is 13.8 Å². The molecule has 0 amide bonds. The van der Waals surface area contributed by atoms with Gasteiger partial charge in [0.2, 0.25) is 5.56 Å². The summed E-state index contributed by atoms with van der Waals surface area (Å²) in [6.45, 7) is 9.98. The quantitative estimate of drug-likeness (QED) is 0.678. The first-order chi connectivity index (χ1) is 11.1. The Balaban J connectivity index is 2.56. The number of halogens is 3. The first-order valence-electron chi connectivity index (χ1n) is 7.48. The van der Waals surface area contributed by atoms with E-state index in [2.05, 4.69) is 11.6 Å². The Hall–Kier alpha value is -2.50. The number of aromatic amines is 1. The van der Waals surface area contributed by atoms with Crippen molar-refractivity contribution in [1.82, 2.24) is 9.55 Å². The molecule has 3 nitrogen and oxygen atoms in total. The second-order valence-corrected chi connectivity index (χ2v) is 6.18. The highest BCUT2D eigenvalue weighted by molar-refractivity contribution is 6.09. The molecule has 0 spiro atoms. The third-order valence-electron chi connectivity index (χ3n) is 4.33. The zero-order valence-electron chi connectivity index (χ0n) is 13.6. The van der Waals surface area contributed by atoms with Crippen molar-refractivity contribution < 1.29 is 13.2 Å². The molecule has 1 N–H and O–H groups in total. The maximum atomic E-state index is 13.5. The van der Waals surface area contributed by atoms with Crippen molar-refractivity contribution in [1.29, 1.82) is 0 Å². The van der Waals surface area contributed by atoms with Crippen LogP contribution in [0.2, 0.25) is 0 Å². The highest BCUT2D eigenvalue weighted by atomic mass is 19.4. The summed E-state index contributed by atoms with van der Waals surface area (Å²) in [6.07, 6.45) is -4.60. The van der Waals surface area contributed by atoms with Crippen molar-refractivity contribution in [2.75, 3.05) is 0 Å². The molecule has 0 saturated carbocycles. The van der Waals surface area contributed by atoms with Gasteiger partial charge in [-0.3, -0.25) is 4.79 Å². The van der Waals surface area contributed by atoms with E-state index in [1.54, 1.807) is 13.0 Å². The average molecular weight is 334 g/mol. The predicted octanol–water partition coefficient (Wildman–Crippen LogP) is 4.69. The summed E-state index contributed by atoms with van der Waals surface area (Å²) in [4.78, 5) is 14.1. The Morgan fingerprint density at radius 2 is 1.92 bits per heavy atom. The zero-order valence-corrected chi connectivity index (χ0v) is 13.6. The molecular formula is C18H17F3N2O. The first kappa shape index (κ1) is 16.4. The molecule has 1 aromatic carbocycles. The molecule has 0 fully saturated rings. The van der Waals surface area contributed by atoms with Crippen molar-refractivity contribution in [2.24, 2.45) is 0 Å². The molecule has 0 saturated heterocycles. The van der Waals surface area contributed by atoms with Gasteiger partial charge in [-0.25, -0.2) is 0 Å². The molecule has 0 aliphatic heterocycles. The smallest absolute Gasteiger partial charge is 0.341 e. The molecule has 2 aromatic heterocycles. The van der Waals surface area contributed by atoms with E-state index in [9.17, 15) is 18.0 Å². The maximum absolute atomic E-state index is 13.5. The Labute approximate surface area is 136 Å². The van der Waals surface area contributed by atoms with E-state index in [-0.39, 0.29) is 10.9 Å². The molecule has 126 valence electrons. The van der Waals surface area contributed by atoms with Crippen LogP contribution in [0.5, 0.6) is 0 Å². The number of hydrogen-bond donors (Lipinski definition) is 1. The van der Waals surface area contributed by atoms with Crippen LogP contribution in [0.4, 0.5) is 13.2 Å². The third kappa shape index (κ3) is 2.42. The number of nitrogens with zero attached hydrogens (tertiary/aromatic N) is 1. The second-order valence-electron chi connectivity index (χ2n) is 6.18. The standard InChI is InChI=1S/C18H17F3N2O/c1-9(2)8-23-11(4)10(3)16-14(23)6-5-13-17(16)12(18(19,20)21)7-15(24)22-13/h5-7H,1,8H2,2-4H3,(H,22,24). The summed E-state index contributed by atoms with van der Waals surface area (Å²) in [5.74, 6) is 0. The number of pyridine rings is 1. The number of hydrogen-bond acceptors (Lipinski definition) is 1. The first-order valence-corrected chi connectivity index (χ1v) is 7.48. The van der Waals surface area contributed by atoms with E-state index in [4.69, 9.17) is 0 Å². The highest BCUT2D eigenvalue weighted by Crippen LogP contribution is 2.39. The number of fused-ring (bicyclic) bond motifs is 3. The fraction of sp³-hybridized carbons (Fsp3) is 0.278. The number of benzene rings is 1. The van der Waals surface area contributed by atoms with Crippen LogP contribution in [0.15, 0.2) is 35.1 Å². The van der Waals surface area contributed by atoms with E-state index < -0.39 is 17.3 Å². The van der Waals surface area contributed by atoms with Crippen molar-refractivity contribution in [2.45, 2.75) is 33.5 Å². The van der Waals surface area contributed by atoms with Gasteiger partial charge >= 0.3 is 6.18 Å². The molecule has 0 unspecified atom stereocenters. The molecule has 2 heterocycles. The summed E-state index contributed by atoms with van der Waals surface area (Å²) < 4.78 is 42.5.